The molecule has 0 bridgehead atoms. The van der Waals surface area contributed by atoms with E-state index in [9.17, 15) is 0 Å². The summed E-state index contributed by atoms with van der Waals surface area (Å²) in [5.74, 6) is 0.893. The SMILES string of the molecule is COc1ccc(COCC2(CBr)CCC2)cc1. The Bertz CT molecular complexity index is 338. The minimum Gasteiger partial charge on any atom is -0.497 e. The first-order valence-electron chi connectivity index (χ1n) is 6.05. The summed E-state index contributed by atoms with van der Waals surface area (Å²) in [5, 5.41) is 1.06. The molecule has 0 radical (unpaired) electrons. The van der Waals surface area contributed by atoms with Crippen molar-refractivity contribution in [2.45, 2.75) is 25.9 Å². The monoisotopic (exact) mass is 298 g/mol. The number of rotatable bonds is 6. The highest BCUT2D eigenvalue weighted by Crippen LogP contribution is 2.42. The van der Waals surface area contributed by atoms with E-state index in [0.717, 1.165) is 17.7 Å². The Hall–Kier alpha value is -0.540. The number of benzene rings is 1. The predicted molar refractivity (Wildman–Crippen MR) is 72.7 cm³/mol. The van der Waals surface area contributed by atoms with Gasteiger partial charge in [0, 0.05) is 10.7 Å². The molecule has 1 saturated carbocycles. The molecule has 0 N–H and O–H groups in total. The number of hydrogen-bond acceptors (Lipinski definition) is 2. The summed E-state index contributed by atoms with van der Waals surface area (Å²) in [6, 6.07) is 8.06. The fourth-order valence-corrected chi connectivity index (χ4v) is 2.82. The van der Waals surface area contributed by atoms with Gasteiger partial charge in [-0.05, 0) is 30.5 Å². The van der Waals surface area contributed by atoms with Crippen LogP contribution in [-0.2, 0) is 11.3 Å². The van der Waals surface area contributed by atoms with Gasteiger partial charge in [0.2, 0.25) is 0 Å². The van der Waals surface area contributed by atoms with Crippen LogP contribution in [0.1, 0.15) is 24.8 Å². The predicted octanol–water partition coefficient (Wildman–Crippen LogP) is 3.78. The van der Waals surface area contributed by atoms with Crippen LogP contribution in [0.5, 0.6) is 5.75 Å². The van der Waals surface area contributed by atoms with Crippen molar-refractivity contribution in [1.82, 2.24) is 0 Å². The largest absolute Gasteiger partial charge is 0.497 e. The maximum absolute atomic E-state index is 5.82. The first-order chi connectivity index (χ1) is 8.28. The lowest BCUT2D eigenvalue weighted by Gasteiger charge is -2.40. The van der Waals surface area contributed by atoms with Crippen LogP contribution in [0.25, 0.3) is 0 Å². The number of halogens is 1. The van der Waals surface area contributed by atoms with Crippen molar-refractivity contribution in [2.24, 2.45) is 5.41 Å². The van der Waals surface area contributed by atoms with Gasteiger partial charge in [-0.25, -0.2) is 0 Å². The van der Waals surface area contributed by atoms with Crippen LogP contribution >= 0.6 is 15.9 Å². The third kappa shape index (κ3) is 3.23. The summed E-state index contributed by atoms with van der Waals surface area (Å²) >= 11 is 3.59. The van der Waals surface area contributed by atoms with E-state index in [1.165, 1.54) is 24.8 Å². The van der Waals surface area contributed by atoms with E-state index in [2.05, 4.69) is 28.1 Å². The molecule has 1 aliphatic rings. The van der Waals surface area contributed by atoms with Crippen LogP contribution in [0.3, 0.4) is 0 Å². The minimum atomic E-state index is 0.409. The standard InChI is InChI=1S/C14H19BrO2/c1-16-13-5-3-12(4-6-13)9-17-11-14(10-15)7-2-8-14/h3-6H,2,7-11H2,1H3. The summed E-state index contributed by atoms with van der Waals surface area (Å²) in [6.07, 6.45) is 3.93. The Kier molecular flexibility index (Phi) is 4.46. The molecule has 2 rings (SSSR count). The van der Waals surface area contributed by atoms with Crippen LogP contribution < -0.4 is 4.74 Å². The van der Waals surface area contributed by atoms with Crippen LogP contribution in [0.15, 0.2) is 24.3 Å². The first kappa shape index (κ1) is 12.9. The molecule has 17 heavy (non-hydrogen) atoms. The summed E-state index contributed by atoms with van der Waals surface area (Å²) in [7, 11) is 1.68. The summed E-state index contributed by atoms with van der Waals surface area (Å²) in [5.41, 5.74) is 1.61. The summed E-state index contributed by atoms with van der Waals surface area (Å²) in [4.78, 5) is 0. The molecule has 94 valence electrons. The van der Waals surface area contributed by atoms with Crippen molar-refractivity contribution < 1.29 is 9.47 Å². The van der Waals surface area contributed by atoms with Gasteiger partial charge in [0.1, 0.15) is 5.75 Å². The van der Waals surface area contributed by atoms with Gasteiger partial charge in [-0.3, -0.25) is 0 Å². The molecule has 3 heteroatoms. The van der Waals surface area contributed by atoms with Crippen LogP contribution in [0, 0.1) is 5.41 Å². The molecule has 0 atom stereocenters. The number of methoxy groups -OCH3 is 1. The topological polar surface area (TPSA) is 18.5 Å². The van der Waals surface area contributed by atoms with Crippen molar-refractivity contribution in [3.8, 4) is 5.75 Å². The van der Waals surface area contributed by atoms with Gasteiger partial charge in [0.15, 0.2) is 0 Å². The number of ether oxygens (including phenoxy) is 2. The number of alkyl halides is 1. The highest BCUT2D eigenvalue weighted by atomic mass is 79.9. The molecule has 0 spiro atoms. The lowest BCUT2D eigenvalue weighted by molar-refractivity contribution is 0.00271. The molecule has 1 aliphatic carbocycles. The van der Waals surface area contributed by atoms with Gasteiger partial charge in [0.25, 0.3) is 0 Å². The normalized spacial score (nSPS) is 17.5. The molecular weight excluding hydrogens is 280 g/mol. The lowest BCUT2D eigenvalue weighted by atomic mass is 9.71. The van der Waals surface area contributed by atoms with Gasteiger partial charge in [-0.2, -0.15) is 0 Å². The summed E-state index contributed by atoms with van der Waals surface area (Å²) < 4.78 is 10.9. The molecule has 2 nitrogen and oxygen atoms in total. The Morgan fingerprint density at radius 1 is 1.24 bits per heavy atom. The fraction of sp³-hybridized carbons (Fsp3) is 0.571. The zero-order valence-electron chi connectivity index (χ0n) is 10.2. The summed E-state index contributed by atoms with van der Waals surface area (Å²) in [6.45, 7) is 1.56. The Morgan fingerprint density at radius 3 is 2.41 bits per heavy atom. The molecule has 0 aliphatic heterocycles. The van der Waals surface area contributed by atoms with E-state index < -0.39 is 0 Å². The molecule has 0 aromatic heterocycles. The van der Waals surface area contributed by atoms with Gasteiger partial charge in [0.05, 0.1) is 20.3 Å². The van der Waals surface area contributed by atoms with E-state index >= 15 is 0 Å². The minimum absolute atomic E-state index is 0.409. The van der Waals surface area contributed by atoms with E-state index in [0.29, 0.717) is 12.0 Å². The van der Waals surface area contributed by atoms with Crippen LogP contribution in [-0.4, -0.2) is 19.0 Å². The second kappa shape index (κ2) is 5.87. The van der Waals surface area contributed by atoms with E-state index in [1.54, 1.807) is 7.11 Å². The quantitative estimate of drug-likeness (QED) is 0.744. The Morgan fingerprint density at radius 2 is 1.94 bits per heavy atom. The van der Waals surface area contributed by atoms with Gasteiger partial charge in [-0.1, -0.05) is 34.5 Å². The van der Waals surface area contributed by atoms with Crippen molar-refractivity contribution in [1.29, 1.82) is 0 Å². The Balaban J connectivity index is 1.77. The molecule has 0 heterocycles. The van der Waals surface area contributed by atoms with Crippen molar-refractivity contribution in [3.63, 3.8) is 0 Å². The lowest BCUT2D eigenvalue weighted by Crippen LogP contribution is -2.35. The zero-order valence-corrected chi connectivity index (χ0v) is 11.8. The van der Waals surface area contributed by atoms with Gasteiger partial charge in [-0.15, -0.1) is 0 Å². The van der Waals surface area contributed by atoms with Crippen molar-refractivity contribution >= 4 is 15.9 Å². The second-order valence-electron chi connectivity index (χ2n) is 4.83. The van der Waals surface area contributed by atoms with Gasteiger partial charge < -0.3 is 9.47 Å². The molecule has 0 amide bonds. The number of hydrogen-bond donors (Lipinski definition) is 0. The van der Waals surface area contributed by atoms with Crippen molar-refractivity contribution in [2.75, 3.05) is 19.0 Å². The fourth-order valence-electron chi connectivity index (χ4n) is 2.10. The van der Waals surface area contributed by atoms with Gasteiger partial charge >= 0.3 is 0 Å². The smallest absolute Gasteiger partial charge is 0.118 e. The molecule has 1 aromatic carbocycles. The molecule has 1 fully saturated rings. The van der Waals surface area contributed by atoms with E-state index in [1.807, 2.05) is 12.1 Å². The maximum Gasteiger partial charge on any atom is 0.118 e. The molecule has 0 saturated heterocycles. The van der Waals surface area contributed by atoms with E-state index in [-0.39, 0.29) is 0 Å². The third-order valence-corrected chi connectivity index (χ3v) is 4.72. The maximum atomic E-state index is 5.82. The molecule has 0 unspecified atom stereocenters. The van der Waals surface area contributed by atoms with Crippen molar-refractivity contribution in [3.05, 3.63) is 29.8 Å². The highest BCUT2D eigenvalue weighted by Gasteiger charge is 2.35. The van der Waals surface area contributed by atoms with Crippen LogP contribution in [0.2, 0.25) is 0 Å². The second-order valence-corrected chi connectivity index (χ2v) is 5.39. The van der Waals surface area contributed by atoms with Crippen LogP contribution in [0.4, 0.5) is 0 Å². The third-order valence-electron chi connectivity index (χ3n) is 3.53. The van der Waals surface area contributed by atoms with E-state index in [4.69, 9.17) is 9.47 Å². The zero-order chi connectivity index (χ0) is 12.1. The average molecular weight is 299 g/mol. The molecular formula is C14H19BrO2. The highest BCUT2D eigenvalue weighted by molar-refractivity contribution is 9.09. The Labute approximate surface area is 111 Å². The molecule has 1 aromatic rings. The average Bonchev–Trinajstić information content (AvgIpc) is 2.33. The first-order valence-corrected chi connectivity index (χ1v) is 7.17.